The van der Waals surface area contributed by atoms with Gasteiger partial charge in [0.2, 0.25) is 0 Å². The fourth-order valence-electron chi connectivity index (χ4n) is 2.21. The van der Waals surface area contributed by atoms with Gasteiger partial charge >= 0.3 is 0 Å². The Morgan fingerprint density at radius 1 is 1.33 bits per heavy atom. The van der Waals surface area contributed by atoms with Crippen molar-refractivity contribution in [2.45, 2.75) is 43.4 Å². The summed E-state index contributed by atoms with van der Waals surface area (Å²) in [5, 5.41) is 0. The largest absolute Gasteiger partial charge is 0.368 e. The lowest BCUT2D eigenvalue weighted by Gasteiger charge is -2.35. The average Bonchev–Trinajstić information content (AvgIpc) is 2.51. The summed E-state index contributed by atoms with van der Waals surface area (Å²) in [6.07, 6.45) is -0.269. The average molecular weight is 298 g/mol. The first-order chi connectivity index (χ1) is 8.22. The number of hydrogen-bond acceptors (Lipinski definition) is 7. The standard InChI is InChI=1S/C10H18O6S2/c1-10(2)14-6-5-17-9(13-3)8(7(6)15-10)16-18(4,11)12/h6-9H,5H2,1-4H3/t6-,7-,8+,9-/m0/s1. The lowest BCUT2D eigenvalue weighted by molar-refractivity contribution is -0.155. The van der Waals surface area contributed by atoms with Crippen LogP contribution in [-0.2, 0) is 28.5 Å². The molecular weight excluding hydrogens is 280 g/mol. The zero-order valence-corrected chi connectivity index (χ0v) is 12.4. The molecule has 0 amide bonds. The number of methoxy groups -OCH3 is 1. The molecule has 106 valence electrons. The third-order valence-electron chi connectivity index (χ3n) is 2.76. The molecule has 0 aromatic heterocycles. The molecule has 2 aliphatic rings. The molecule has 0 aliphatic carbocycles. The third kappa shape index (κ3) is 3.17. The topological polar surface area (TPSA) is 71.1 Å². The van der Waals surface area contributed by atoms with E-state index in [4.69, 9.17) is 18.4 Å². The lowest BCUT2D eigenvalue weighted by atomic mass is 10.1. The number of fused-ring (bicyclic) bond motifs is 1. The minimum absolute atomic E-state index is 0.178. The van der Waals surface area contributed by atoms with Crippen LogP contribution in [0.5, 0.6) is 0 Å². The number of hydrogen-bond donors (Lipinski definition) is 0. The molecule has 2 heterocycles. The molecule has 0 aromatic carbocycles. The van der Waals surface area contributed by atoms with Gasteiger partial charge in [0.25, 0.3) is 10.1 Å². The van der Waals surface area contributed by atoms with Crippen molar-refractivity contribution >= 4 is 21.9 Å². The molecule has 0 N–H and O–H groups in total. The Bertz CT molecular complexity index is 407. The van der Waals surface area contributed by atoms with E-state index in [1.165, 1.54) is 18.9 Å². The van der Waals surface area contributed by atoms with Crippen LogP contribution in [0.1, 0.15) is 13.8 Å². The first-order valence-electron chi connectivity index (χ1n) is 5.60. The third-order valence-corrected chi connectivity index (χ3v) is 4.64. The van der Waals surface area contributed by atoms with Crippen LogP contribution < -0.4 is 0 Å². The van der Waals surface area contributed by atoms with Crippen molar-refractivity contribution in [1.29, 1.82) is 0 Å². The van der Waals surface area contributed by atoms with Crippen molar-refractivity contribution in [3.63, 3.8) is 0 Å². The summed E-state index contributed by atoms with van der Waals surface area (Å²) in [4.78, 5) is 0. The highest BCUT2D eigenvalue weighted by molar-refractivity contribution is 7.99. The van der Waals surface area contributed by atoms with Gasteiger partial charge in [-0.05, 0) is 13.8 Å². The van der Waals surface area contributed by atoms with E-state index < -0.39 is 28.1 Å². The van der Waals surface area contributed by atoms with Crippen LogP contribution in [0, 0.1) is 0 Å². The highest BCUT2D eigenvalue weighted by atomic mass is 32.2. The molecule has 2 fully saturated rings. The summed E-state index contributed by atoms with van der Waals surface area (Å²) < 4.78 is 44.5. The lowest BCUT2D eigenvalue weighted by Crippen LogP contribution is -2.50. The molecule has 0 spiro atoms. The monoisotopic (exact) mass is 298 g/mol. The molecule has 8 heteroatoms. The molecule has 0 unspecified atom stereocenters. The fraction of sp³-hybridized carbons (Fsp3) is 1.00. The van der Waals surface area contributed by atoms with Crippen LogP contribution in [-0.4, -0.2) is 57.1 Å². The van der Waals surface area contributed by atoms with Gasteiger partial charge in [-0.3, -0.25) is 4.18 Å². The van der Waals surface area contributed by atoms with Crippen LogP contribution in [0.3, 0.4) is 0 Å². The molecule has 0 radical (unpaired) electrons. The van der Waals surface area contributed by atoms with Gasteiger partial charge in [-0.15, -0.1) is 11.8 Å². The van der Waals surface area contributed by atoms with Crippen LogP contribution >= 0.6 is 11.8 Å². The van der Waals surface area contributed by atoms with Gasteiger partial charge in [-0.25, -0.2) is 0 Å². The van der Waals surface area contributed by atoms with E-state index in [9.17, 15) is 8.42 Å². The molecule has 2 aliphatic heterocycles. The second kappa shape index (κ2) is 4.92. The van der Waals surface area contributed by atoms with E-state index in [-0.39, 0.29) is 11.5 Å². The molecule has 0 bridgehead atoms. The van der Waals surface area contributed by atoms with Crippen molar-refractivity contribution in [2.75, 3.05) is 19.1 Å². The van der Waals surface area contributed by atoms with Crippen LogP contribution in [0.4, 0.5) is 0 Å². The van der Waals surface area contributed by atoms with Crippen molar-refractivity contribution in [1.82, 2.24) is 0 Å². The van der Waals surface area contributed by atoms with E-state index in [1.807, 2.05) is 0 Å². The number of thioether (sulfide) groups is 1. The summed E-state index contributed by atoms with van der Waals surface area (Å²) >= 11 is 1.47. The van der Waals surface area contributed by atoms with Crippen molar-refractivity contribution in [2.24, 2.45) is 0 Å². The Balaban J connectivity index is 2.20. The van der Waals surface area contributed by atoms with Crippen LogP contribution in [0.2, 0.25) is 0 Å². The maximum Gasteiger partial charge on any atom is 0.264 e. The Hall–Kier alpha value is 0.140. The molecule has 0 aromatic rings. The smallest absolute Gasteiger partial charge is 0.264 e. The molecule has 4 atom stereocenters. The van der Waals surface area contributed by atoms with E-state index >= 15 is 0 Å². The molecule has 18 heavy (non-hydrogen) atoms. The number of ether oxygens (including phenoxy) is 3. The normalized spacial score (nSPS) is 39.6. The SMILES string of the molecule is CO[C@H]1SC[C@@H]2OC(C)(C)O[C@@H]2[C@H]1OS(C)(=O)=O. The second-order valence-electron chi connectivity index (χ2n) is 4.84. The zero-order chi connectivity index (χ0) is 13.6. The predicted octanol–water partition coefficient (Wildman–Crippen LogP) is 0.571. The van der Waals surface area contributed by atoms with Gasteiger partial charge in [0, 0.05) is 12.9 Å². The maximum absolute atomic E-state index is 11.3. The Morgan fingerprint density at radius 3 is 2.56 bits per heavy atom. The minimum Gasteiger partial charge on any atom is -0.368 e. The van der Waals surface area contributed by atoms with Crippen LogP contribution in [0.25, 0.3) is 0 Å². The number of rotatable bonds is 3. The minimum atomic E-state index is -3.57. The highest BCUT2D eigenvalue weighted by Gasteiger charge is 2.52. The molecule has 2 rings (SSSR count). The van der Waals surface area contributed by atoms with Gasteiger partial charge < -0.3 is 14.2 Å². The summed E-state index contributed by atoms with van der Waals surface area (Å²) in [5.41, 5.74) is -0.376. The van der Waals surface area contributed by atoms with E-state index in [2.05, 4.69) is 0 Å². The molecule has 6 nitrogen and oxygen atoms in total. The molecular formula is C10H18O6S2. The molecule has 0 saturated carbocycles. The Labute approximate surface area is 111 Å². The Morgan fingerprint density at radius 2 is 2.00 bits per heavy atom. The van der Waals surface area contributed by atoms with E-state index in [1.54, 1.807) is 13.8 Å². The first kappa shape index (κ1) is 14.5. The van der Waals surface area contributed by atoms with E-state index in [0.29, 0.717) is 5.75 Å². The fourth-order valence-corrected chi connectivity index (χ4v) is 4.07. The summed E-state index contributed by atoms with van der Waals surface area (Å²) in [5.74, 6) is -0.0339. The van der Waals surface area contributed by atoms with Gasteiger partial charge in [0.1, 0.15) is 17.6 Å². The van der Waals surface area contributed by atoms with Gasteiger partial charge in [-0.1, -0.05) is 0 Å². The van der Waals surface area contributed by atoms with Crippen molar-refractivity contribution in [3.8, 4) is 0 Å². The first-order valence-corrected chi connectivity index (χ1v) is 8.47. The Kier molecular flexibility index (Phi) is 3.97. The predicted molar refractivity (Wildman–Crippen MR) is 66.8 cm³/mol. The highest BCUT2D eigenvalue weighted by Crippen LogP contribution is 2.40. The van der Waals surface area contributed by atoms with Crippen molar-refractivity contribution < 1.29 is 26.8 Å². The zero-order valence-electron chi connectivity index (χ0n) is 10.8. The van der Waals surface area contributed by atoms with Crippen LogP contribution in [0.15, 0.2) is 0 Å². The van der Waals surface area contributed by atoms with E-state index in [0.717, 1.165) is 6.26 Å². The quantitative estimate of drug-likeness (QED) is 0.705. The summed E-state index contributed by atoms with van der Waals surface area (Å²) in [7, 11) is -2.05. The summed E-state index contributed by atoms with van der Waals surface area (Å²) in [6.45, 7) is 3.60. The van der Waals surface area contributed by atoms with Gasteiger partial charge in [0.15, 0.2) is 5.79 Å². The maximum atomic E-state index is 11.3. The van der Waals surface area contributed by atoms with Gasteiger partial charge in [0.05, 0.1) is 12.4 Å². The summed E-state index contributed by atoms with van der Waals surface area (Å²) in [6, 6.07) is 0. The molecule has 2 saturated heterocycles. The second-order valence-corrected chi connectivity index (χ2v) is 7.57. The van der Waals surface area contributed by atoms with Gasteiger partial charge in [-0.2, -0.15) is 8.42 Å². The van der Waals surface area contributed by atoms with Crippen molar-refractivity contribution in [3.05, 3.63) is 0 Å².